The second kappa shape index (κ2) is 4.73. The lowest BCUT2D eigenvalue weighted by atomic mass is 10.1. The van der Waals surface area contributed by atoms with Crippen LogP contribution in [-0.2, 0) is 0 Å². The van der Waals surface area contributed by atoms with E-state index >= 15 is 0 Å². The molecule has 0 saturated heterocycles. The highest BCUT2D eigenvalue weighted by Gasteiger charge is 2.09. The molecule has 0 amide bonds. The number of aromatic nitrogens is 3. The fourth-order valence-electron chi connectivity index (χ4n) is 2.09. The molecule has 0 radical (unpaired) electrons. The van der Waals surface area contributed by atoms with Crippen LogP contribution in [-0.4, -0.2) is 20.6 Å². The molecule has 0 bridgehead atoms. The maximum atomic E-state index is 4.50. The number of hydrogen-bond acceptors (Lipinski definition) is 3. The Balaban J connectivity index is 2.17. The second-order valence-corrected chi connectivity index (χ2v) is 5.07. The molecule has 1 N–H and O–H groups in total. The van der Waals surface area contributed by atoms with Gasteiger partial charge in [0.15, 0.2) is 5.65 Å². The molecule has 2 aromatic heterocycles. The van der Waals surface area contributed by atoms with Crippen molar-refractivity contribution in [3.8, 4) is 0 Å². The lowest BCUT2D eigenvalue weighted by Gasteiger charge is -2.13. The van der Waals surface area contributed by atoms with Crippen LogP contribution in [0.4, 0.5) is 5.95 Å². The van der Waals surface area contributed by atoms with Crippen LogP contribution >= 0.6 is 0 Å². The van der Waals surface area contributed by atoms with Gasteiger partial charge in [-0.2, -0.15) is 4.98 Å². The van der Waals surface area contributed by atoms with Gasteiger partial charge in [0, 0.05) is 12.2 Å². The van der Waals surface area contributed by atoms with Gasteiger partial charge in [0.2, 0.25) is 5.95 Å². The quantitative estimate of drug-likeness (QED) is 0.881. The van der Waals surface area contributed by atoms with Gasteiger partial charge in [-0.25, -0.2) is 4.52 Å². The van der Waals surface area contributed by atoms with Gasteiger partial charge in [0.05, 0.1) is 0 Å². The van der Waals surface area contributed by atoms with Gasteiger partial charge in [-0.05, 0) is 37.8 Å². The highest BCUT2D eigenvalue weighted by atomic mass is 15.3. The van der Waals surface area contributed by atoms with Gasteiger partial charge in [-0.1, -0.05) is 19.9 Å². The lowest BCUT2D eigenvalue weighted by molar-refractivity contribution is 0.537. The summed E-state index contributed by atoms with van der Waals surface area (Å²) in [5.41, 5.74) is 2.07. The SMILES string of the molecule is Cc1cccn2nc(NC(C)CC(C)C)nc12. The van der Waals surface area contributed by atoms with Crippen molar-refractivity contribution in [1.29, 1.82) is 0 Å². The lowest BCUT2D eigenvalue weighted by Crippen LogP contribution is -2.18. The third-order valence-corrected chi connectivity index (χ3v) is 2.76. The number of rotatable bonds is 4. The molecule has 0 aliphatic rings. The molecule has 1 unspecified atom stereocenters. The minimum absolute atomic E-state index is 0.396. The van der Waals surface area contributed by atoms with E-state index in [9.17, 15) is 0 Å². The fraction of sp³-hybridized carbons (Fsp3) is 0.538. The number of anilines is 1. The van der Waals surface area contributed by atoms with Crippen molar-refractivity contribution in [3.05, 3.63) is 23.9 Å². The number of nitrogens with zero attached hydrogens (tertiary/aromatic N) is 3. The molecule has 0 aliphatic carbocycles. The number of aryl methyl sites for hydroxylation is 1. The topological polar surface area (TPSA) is 42.2 Å². The third-order valence-electron chi connectivity index (χ3n) is 2.76. The van der Waals surface area contributed by atoms with Crippen molar-refractivity contribution in [2.45, 2.75) is 40.2 Å². The van der Waals surface area contributed by atoms with Gasteiger partial charge in [0.1, 0.15) is 0 Å². The van der Waals surface area contributed by atoms with E-state index in [1.54, 1.807) is 0 Å². The van der Waals surface area contributed by atoms with Crippen LogP contribution in [0.15, 0.2) is 18.3 Å². The average Bonchev–Trinajstić information content (AvgIpc) is 2.60. The van der Waals surface area contributed by atoms with Gasteiger partial charge >= 0.3 is 0 Å². The molecule has 2 heterocycles. The van der Waals surface area contributed by atoms with Crippen LogP contribution in [0.5, 0.6) is 0 Å². The molecular formula is C13H20N4. The Bertz CT molecular complexity index is 501. The van der Waals surface area contributed by atoms with E-state index in [-0.39, 0.29) is 0 Å². The van der Waals surface area contributed by atoms with Crippen molar-refractivity contribution in [3.63, 3.8) is 0 Å². The highest BCUT2D eigenvalue weighted by molar-refractivity contribution is 5.49. The first-order chi connectivity index (χ1) is 8.06. The first kappa shape index (κ1) is 11.9. The average molecular weight is 232 g/mol. The zero-order chi connectivity index (χ0) is 12.4. The maximum absolute atomic E-state index is 4.50. The standard InChI is InChI=1S/C13H20N4/c1-9(2)8-11(4)14-13-15-12-10(3)6-5-7-17(12)16-13/h5-7,9,11H,8H2,1-4H3,(H,14,16). The molecule has 0 aromatic carbocycles. The largest absolute Gasteiger partial charge is 0.350 e. The Morgan fingerprint density at radius 1 is 1.35 bits per heavy atom. The van der Waals surface area contributed by atoms with Gasteiger partial charge in [-0.3, -0.25) is 0 Å². The van der Waals surface area contributed by atoms with E-state index in [2.05, 4.69) is 36.2 Å². The Hall–Kier alpha value is -1.58. The summed E-state index contributed by atoms with van der Waals surface area (Å²) in [4.78, 5) is 4.50. The first-order valence-corrected chi connectivity index (χ1v) is 6.15. The van der Waals surface area contributed by atoms with Crippen LogP contribution in [0.2, 0.25) is 0 Å². The molecule has 2 rings (SSSR count). The molecule has 1 atom stereocenters. The summed E-state index contributed by atoms with van der Waals surface area (Å²) in [5.74, 6) is 1.39. The van der Waals surface area contributed by atoms with Crippen LogP contribution in [0.1, 0.15) is 32.8 Å². The van der Waals surface area contributed by atoms with E-state index in [1.807, 2.05) is 29.8 Å². The number of nitrogens with one attached hydrogen (secondary N) is 1. The van der Waals surface area contributed by atoms with E-state index in [1.165, 1.54) is 0 Å². The highest BCUT2D eigenvalue weighted by Crippen LogP contribution is 2.12. The molecule has 2 aromatic rings. The minimum atomic E-state index is 0.396. The molecule has 4 nitrogen and oxygen atoms in total. The third kappa shape index (κ3) is 2.75. The van der Waals surface area contributed by atoms with Gasteiger partial charge in [-0.15, -0.1) is 5.10 Å². The first-order valence-electron chi connectivity index (χ1n) is 6.15. The Kier molecular flexibility index (Phi) is 3.31. The predicted molar refractivity (Wildman–Crippen MR) is 70.3 cm³/mol. The van der Waals surface area contributed by atoms with Crippen LogP contribution < -0.4 is 5.32 Å². The Labute approximate surface area is 102 Å². The molecule has 0 spiro atoms. The van der Waals surface area contributed by atoms with Crippen molar-refractivity contribution >= 4 is 11.6 Å². The summed E-state index contributed by atoms with van der Waals surface area (Å²) in [7, 11) is 0. The van der Waals surface area contributed by atoms with E-state index < -0.39 is 0 Å². The summed E-state index contributed by atoms with van der Waals surface area (Å²) in [6.07, 6.45) is 3.04. The normalized spacial score (nSPS) is 13.2. The van der Waals surface area contributed by atoms with E-state index in [4.69, 9.17) is 0 Å². The summed E-state index contributed by atoms with van der Waals surface area (Å²) in [5, 5.41) is 7.76. The Morgan fingerprint density at radius 3 is 2.76 bits per heavy atom. The Morgan fingerprint density at radius 2 is 2.12 bits per heavy atom. The number of hydrogen-bond donors (Lipinski definition) is 1. The molecule has 0 fully saturated rings. The summed E-state index contributed by atoms with van der Waals surface area (Å²) >= 11 is 0. The zero-order valence-corrected chi connectivity index (χ0v) is 10.9. The molecule has 92 valence electrons. The predicted octanol–water partition coefficient (Wildman–Crippen LogP) is 2.88. The molecule has 4 heteroatoms. The second-order valence-electron chi connectivity index (χ2n) is 5.07. The van der Waals surface area contributed by atoms with Crippen LogP contribution in [0, 0.1) is 12.8 Å². The fourth-order valence-corrected chi connectivity index (χ4v) is 2.09. The summed E-state index contributed by atoms with van der Waals surface area (Å²) in [6, 6.07) is 4.43. The summed E-state index contributed by atoms with van der Waals surface area (Å²) in [6.45, 7) is 8.66. The molecular weight excluding hydrogens is 212 g/mol. The maximum Gasteiger partial charge on any atom is 0.243 e. The number of fused-ring (bicyclic) bond motifs is 1. The minimum Gasteiger partial charge on any atom is -0.350 e. The van der Waals surface area contributed by atoms with E-state index in [0.717, 1.165) is 17.6 Å². The molecule has 17 heavy (non-hydrogen) atoms. The van der Waals surface area contributed by atoms with Crippen molar-refractivity contribution < 1.29 is 0 Å². The van der Waals surface area contributed by atoms with Crippen LogP contribution in [0.3, 0.4) is 0 Å². The summed E-state index contributed by atoms with van der Waals surface area (Å²) < 4.78 is 1.82. The van der Waals surface area contributed by atoms with Crippen LogP contribution in [0.25, 0.3) is 5.65 Å². The molecule has 0 saturated carbocycles. The van der Waals surface area contributed by atoms with Gasteiger partial charge < -0.3 is 5.32 Å². The van der Waals surface area contributed by atoms with E-state index in [0.29, 0.717) is 17.9 Å². The zero-order valence-electron chi connectivity index (χ0n) is 10.9. The van der Waals surface area contributed by atoms with Gasteiger partial charge in [0.25, 0.3) is 0 Å². The van der Waals surface area contributed by atoms with Crippen molar-refractivity contribution in [1.82, 2.24) is 14.6 Å². The smallest absolute Gasteiger partial charge is 0.243 e. The van der Waals surface area contributed by atoms with Crippen molar-refractivity contribution in [2.75, 3.05) is 5.32 Å². The molecule has 0 aliphatic heterocycles. The monoisotopic (exact) mass is 232 g/mol. The van der Waals surface area contributed by atoms with Crippen molar-refractivity contribution in [2.24, 2.45) is 5.92 Å². The number of pyridine rings is 1.